The Morgan fingerprint density at radius 1 is 1.67 bits per heavy atom. The summed E-state index contributed by atoms with van der Waals surface area (Å²) in [5.41, 5.74) is 0. The molecule has 1 rings (SSSR count). The van der Waals surface area contributed by atoms with E-state index in [1.165, 1.54) is 0 Å². The van der Waals surface area contributed by atoms with Crippen molar-refractivity contribution < 1.29 is 9.59 Å². The first-order valence-corrected chi connectivity index (χ1v) is 4.13. The Labute approximate surface area is 71.9 Å². The maximum atomic E-state index is 11.4. The van der Waals surface area contributed by atoms with E-state index in [0.29, 0.717) is 6.42 Å². The zero-order valence-corrected chi connectivity index (χ0v) is 7.46. The average molecular weight is 170 g/mol. The highest BCUT2D eigenvalue weighted by atomic mass is 16.2. The van der Waals surface area contributed by atoms with Crippen molar-refractivity contribution in [3.8, 4) is 0 Å². The Balaban J connectivity index is 2.64. The minimum absolute atomic E-state index is 0.0550. The van der Waals surface area contributed by atoms with Crippen molar-refractivity contribution in [2.45, 2.75) is 12.8 Å². The van der Waals surface area contributed by atoms with Crippen LogP contribution >= 0.6 is 0 Å². The molecule has 0 spiro atoms. The van der Waals surface area contributed by atoms with Gasteiger partial charge in [0.05, 0.1) is 0 Å². The summed E-state index contributed by atoms with van der Waals surface area (Å²) in [5.74, 6) is -0.666. The maximum Gasteiger partial charge on any atom is 0.234 e. The molecule has 1 aliphatic heterocycles. The summed E-state index contributed by atoms with van der Waals surface area (Å²) in [6, 6.07) is 0. The molecule has 0 aliphatic carbocycles. The number of likely N-dealkylation sites (tertiary alicyclic amines) is 1. The topological polar surface area (TPSA) is 49.4 Å². The zero-order chi connectivity index (χ0) is 9.14. The van der Waals surface area contributed by atoms with Gasteiger partial charge in [-0.15, -0.1) is 0 Å². The number of rotatable bonds is 1. The standard InChI is InChI=1S/C8H14N2O2/c1-9-7(11)6-4-3-5-10(2)8(6)12/h6H,3-5H2,1-2H3,(H,9,11). The number of nitrogens with one attached hydrogen (secondary N) is 1. The van der Waals surface area contributed by atoms with Gasteiger partial charge in [-0.1, -0.05) is 0 Å². The summed E-state index contributed by atoms with van der Waals surface area (Å²) in [6.07, 6.45) is 1.60. The Morgan fingerprint density at radius 3 is 2.92 bits per heavy atom. The van der Waals surface area contributed by atoms with E-state index in [2.05, 4.69) is 5.32 Å². The van der Waals surface area contributed by atoms with Crippen molar-refractivity contribution in [2.24, 2.45) is 5.92 Å². The van der Waals surface area contributed by atoms with Gasteiger partial charge in [-0.2, -0.15) is 0 Å². The molecule has 68 valence electrons. The molecule has 0 radical (unpaired) electrons. The van der Waals surface area contributed by atoms with Crippen LogP contribution in [-0.2, 0) is 9.59 Å². The van der Waals surface area contributed by atoms with Gasteiger partial charge < -0.3 is 10.2 Å². The summed E-state index contributed by atoms with van der Waals surface area (Å²) in [7, 11) is 3.29. The van der Waals surface area contributed by atoms with Gasteiger partial charge in [-0.05, 0) is 12.8 Å². The first-order chi connectivity index (χ1) is 5.66. The van der Waals surface area contributed by atoms with Crippen molar-refractivity contribution in [3.63, 3.8) is 0 Å². The van der Waals surface area contributed by atoms with Gasteiger partial charge in [-0.25, -0.2) is 0 Å². The number of nitrogens with zero attached hydrogens (tertiary/aromatic N) is 1. The lowest BCUT2D eigenvalue weighted by Gasteiger charge is -2.27. The Hall–Kier alpha value is -1.06. The molecule has 0 bridgehead atoms. The van der Waals surface area contributed by atoms with E-state index < -0.39 is 5.92 Å². The molecular formula is C8H14N2O2. The van der Waals surface area contributed by atoms with Crippen LogP contribution < -0.4 is 5.32 Å². The minimum atomic E-state index is -0.450. The third-order valence-corrected chi connectivity index (χ3v) is 2.22. The SMILES string of the molecule is CNC(=O)C1CCCN(C)C1=O. The lowest BCUT2D eigenvalue weighted by molar-refractivity contribution is -0.143. The van der Waals surface area contributed by atoms with Crippen LogP contribution in [0.25, 0.3) is 0 Å². The fourth-order valence-corrected chi connectivity index (χ4v) is 1.45. The summed E-state index contributed by atoms with van der Waals surface area (Å²) >= 11 is 0. The molecular weight excluding hydrogens is 156 g/mol. The van der Waals surface area contributed by atoms with Crippen molar-refractivity contribution in [1.29, 1.82) is 0 Å². The average Bonchev–Trinajstić information content (AvgIpc) is 2.08. The third-order valence-electron chi connectivity index (χ3n) is 2.22. The van der Waals surface area contributed by atoms with Gasteiger partial charge >= 0.3 is 0 Å². The van der Waals surface area contributed by atoms with Crippen LogP contribution in [0.3, 0.4) is 0 Å². The normalized spacial score (nSPS) is 24.0. The van der Waals surface area contributed by atoms with Gasteiger partial charge in [0.1, 0.15) is 5.92 Å². The molecule has 1 fully saturated rings. The van der Waals surface area contributed by atoms with E-state index in [0.717, 1.165) is 13.0 Å². The van der Waals surface area contributed by atoms with Crippen LogP contribution in [0, 0.1) is 5.92 Å². The van der Waals surface area contributed by atoms with Crippen molar-refractivity contribution in [2.75, 3.05) is 20.6 Å². The van der Waals surface area contributed by atoms with Crippen LogP contribution in [0.1, 0.15) is 12.8 Å². The second-order valence-corrected chi connectivity index (χ2v) is 3.07. The van der Waals surface area contributed by atoms with E-state index >= 15 is 0 Å². The molecule has 1 N–H and O–H groups in total. The smallest absolute Gasteiger partial charge is 0.234 e. The molecule has 1 heterocycles. The van der Waals surface area contributed by atoms with E-state index in [1.807, 2.05) is 0 Å². The van der Waals surface area contributed by atoms with E-state index in [9.17, 15) is 9.59 Å². The molecule has 1 unspecified atom stereocenters. The van der Waals surface area contributed by atoms with E-state index in [-0.39, 0.29) is 11.8 Å². The lowest BCUT2D eigenvalue weighted by atomic mass is 9.97. The Bertz CT molecular complexity index is 203. The highest BCUT2D eigenvalue weighted by Crippen LogP contribution is 2.16. The second kappa shape index (κ2) is 3.56. The molecule has 0 aromatic carbocycles. The van der Waals surface area contributed by atoms with Crippen molar-refractivity contribution >= 4 is 11.8 Å². The second-order valence-electron chi connectivity index (χ2n) is 3.07. The predicted molar refractivity (Wildman–Crippen MR) is 44.4 cm³/mol. The summed E-state index contributed by atoms with van der Waals surface area (Å²) in [6.45, 7) is 0.770. The first kappa shape index (κ1) is 9.03. The molecule has 4 nitrogen and oxygen atoms in total. The molecule has 0 aromatic heterocycles. The van der Waals surface area contributed by atoms with Crippen LogP contribution in [0.2, 0.25) is 0 Å². The Morgan fingerprint density at radius 2 is 2.33 bits per heavy atom. The van der Waals surface area contributed by atoms with Gasteiger partial charge in [0.25, 0.3) is 0 Å². The summed E-state index contributed by atoms with van der Waals surface area (Å²) in [5, 5.41) is 2.50. The molecule has 0 aromatic rings. The number of hydrogen-bond donors (Lipinski definition) is 1. The van der Waals surface area contributed by atoms with E-state index in [4.69, 9.17) is 0 Å². The number of amides is 2. The number of carbonyl (C=O) groups is 2. The lowest BCUT2D eigenvalue weighted by Crippen LogP contribution is -2.44. The fourth-order valence-electron chi connectivity index (χ4n) is 1.45. The molecule has 0 saturated carbocycles. The first-order valence-electron chi connectivity index (χ1n) is 4.13. The van der Waals surface area contributed by atoms with Gasteiger partial charge in [0, 0.05) is 20.6 Å². The zero-order valence-electron chi connectivity index (χ0n) is 7.46. The highest BCUT2D eigenvalue weighted by Gasteiger charge is 2.31. The van der Waals surface area contributed by atoms with Crippen molar-refractivity contribution in [1.82, 2.24) is 10.2 Å². The third kappa shape index (κ3) is 1.57. The molecule has 1 aliphatic rings. The Kier molecular flexibility index (Phi) is 2.68. The van der Waals surface area contributed by atoms with Crippen LogP contribution in [0.15, 0.2) is 0 Å². The molecule has 2 amide bonds. The van der Waals surface area contributed by atoms with Gasteiger partial charge in [0.2, 0.25) is 11.8 Å². The predicted octanol–water partition coefficient (Wildman–Crippen LogP) is -0.399. The van der Waals surface area contributed by atoms with E-state index in [1.54, 1.807) is 19.0 Å². The largest absolute Gasteiger partial charge is 0.358 e. The van der Waals surface area contributed by atoms with Crippen LogP contribution in [-0.4, -0.2) is 37.4 Å². The molecule has 4 heteroatoms. The molecule has 1 atom stereocenters. The van der Waals surface area contributed by atoms with Crippen LogP contribution in [0.5, 0.6) is 0 Å². The number of piperidine rings is 1. The molecule has 12 heavy (non-hydrogen) atoms. The highest BCUT2D eigenvalue weighted by molar-refractivity contribution is 6.00. The van der Waals surface area contributed by atoms with Crippen LogP contribution in [0.4, 0.5) is 0 Å². The fraction of sp³-hybridized carbons (Fsp3) is 0.750. The van der Waals surface area contributed by atoms with Gasteiger partial charge in [0.15, 0.2) is 0 Å². The maximum absolute atomic E-state index is 11.4. The monoisotopic (exact) mass is 170 g/mol. The summed E-state index contributed by atoms with van der Waals surface area (Å²) < 4.78 is 0. The quantitative estimate of drug-likeness (QED) is 0.544. The van der Waals surface area contributed by atoms with Gasteiger partial charge in [-0.3, -0.25) is 9.59 Å². The summed E-state index contributed by atoms with van der Waals surface area (Å²) in [4.78, 5) is 24.2. The number of hydrogen-bond acceptors (Lipinski definition) is 2. The molecule has 1 saturated heterocycles. The number of carbonyl (C=O) groups excluding carboxylic acids is 2. The minimum Gasteiger partial charge on any atom is -0.358 e. The van der Waals surface area contributed by atoms with Crippen molar-refractivity contribution in [3.05, 3.63) is 0 Å².